The van der Waals surface area contributed by atoms with Crippen molar-refractivity contribution in [3.8, 4) is 5.75 Å². The van der Waals surface area contributed by atoms with Crippen LogP contribution in [0.15, 0.2) is 48.5 Å². The third-order valence-corrected chi connectivity index (χ3v) is 4.10. The fraction of sp³-hybridized carbons (Fsp3) is 0.381. The number of aliphatic hydroxyl groups excluding tert-OH is 1. The second-order valence-corrected chi connectivity index (χ2v) is 6.89. The van der Waals surface area contributed by atoms with Crippen molar-refractivity contribution < 1.29 is 14.6 Å². The fourth-order valence-electron chi connectivity index (χ4n) is 2.38. The molecule has 5 heteroatoms. The van der Waals surface area contributed by atoms with Crippen molar-refractivity contribution in [1.82, 2.24) is 0 Å². The van der Waals surface area contributed by atoms with Gasteiger partial charge in [0.2, 0.25) is 0 Å². The molecule has 3 N–H and O–H groups in total. The summed E-state index contributed by atoms with van der Waals surface area (Å²) >= 11 is 0. The Morgan fingerprint density at radius 3 is 2.31 bits per heavy atom. The van der Waals surface area contributed by atoms with E-state index in [1.54, 1.807) is 31.2 Å². The molecule has 0 aliphatic heterocycles. The first kappa shape index (κ1) is 22.2. The van der Waals surface area contributed by atoms with E-state index in [2.05, 4.69) is 31.2 Å². The van der Waals surface area contributed by atoms with Gasteiger partial charge in [0.25, 0.3) is 0 Å². The first-order valence-corrected chi connectivity index (χ1v) is 8.61. The maximum atomic E-state index is 12.3. The molecule has 0 bridgehead atoms. The van der Waals surface area contributed by atoms with Gasteiger partial charge in [0, 0.05) is 12.0 Å². The summed E-state index contributed by atoms with van der Waals surface area (Å²) in [4.78, 5) is 12.3. The molecule has 2 aromatic carbocycles. The molecule has 0 aliphatic rings. The van der Waals surface area contributed by atoms with E-state index in [-0.39, 0.29) is 31.4 Å². The van der Waals surface area contributed by atoms with Gasteiger partial charge in [-0.25, -0.2) is 0 Å². The lowest BCUT2D eigenvalue weighted by molar-refractivity contribution is 0.0980. The summed E-state index contributed by atoms with van der Waals surface area (Å²) in [5.74, 6) is 0.777. The third kappa shape index (κ3) is 7.16. The zero-order valence-corrected chi connectivity index (χ0v) is 16.2. The standard InChI is InChI=1S/C21H27NO3.ClH/c1-16-6-8-17(9-7-16)4-3-5-20(24)18-10-12-19(13-11-18)25-15-21(2,22)14-23;/h6-13,23H,3-5,14-15,22H2,1-2H3;1H/t21-;/m0./s1. The van der Waals surface area contributed by atoms with E-state index in [9.17, 15) is 4.79 Å². The summed E-state index contributed by atoms with van der Waals surface area (Å²) in [6.07, 6.45) is 2.27. The number of aryl methyl sites for hydroxylation is 2. The first-order valence-electron chi connectivity index (χ1n) is 8.61. The maximum Gasteiger partial charge on any atom is 0.162 e. The van der Waals surface area contributed by atoms with Gasteiger partial charge in [-0.1, -0.05) is 29.8 Å². The second kappa shape index (κ2) is 10.3. The number of rotatable bonds is 9. The van der Waals surface area contributed by atoms with Crippen molar-refractivity contribution in [3.05, 3.63) is 65.2 Å². The minimum atomic E-state index is -0.773. The van der Waals surface area contributed by atoms with Crippen molar-refractivity contribution >= 4 is 18.2 Å². The summed E-state index contributed by atoms with van der Waals surface area (Å²) in [6, 6.07) is 15.5. The Kier molecular flexibility index (Phi) is 8.79. The van der Waals surface area contributed by atoms with Gasteiger partial charge in [-0.3, -0.25) is 4.79 Å². The van der Waals surface area contributed by atoms with Gasteiger partial charge in [0.1, 0.15) is 12.4 Å². The lowest BCUT2D eigenvalue weighted by Gasteiger charge is -2.21. The van der Waals surface area contributed by atoms with E-state index >= 15 is 0 Å². The highest BCUT2D eigenvalue weighted by atomic mass is 35.5. The van der Waals surface area contributed by atoms with Crippen molar-refractivity contribution in [3.63, 3.8) is 0 Å². The van der Waals surface area contributed by atoms with Gasteiger partial charge in [-0.05, 0) is 56.5 Å². The normalized spacial score (nSPS) is 12.8. The van der Waals surface area contributed by atoms with Gasteiger partial charge < -0.3 is 15.6 Å². The SMILES string of the molecule is Cc1ccc(CCCC(=O)c2ccc(OC[C@@](C)(N)CO)cc2)cc1.Cl. The topological polar surface area (TPSA) is 72.5 Å². The number of hydrogen-bond acceptors (Lipinski definition) is 4. The number of halogens is 1. The molecule has 0 radical (unpaired) electrons. The summed E-state index contributed by atoms with van der Waals surface area (Å²) in [5.41, 5.74) is 8.25. The number of carbonyl (C=O) groups is 1. The average molecular weight is 378 g/mol. The minimum absolute atomic E-state index is 0. The second-order valence-electron chi connectivity index (χ2n) is 6.89. The highest BCUT2D eigenvalue weighted by Crippen LogP contribution is 2.16. The Hall–Kier alpha value is -1.88. The van der Waals surface area contributed by atoms with Gasteiger partial charge >= 0.3 is 0 Å². The van der Waals surface area contributed by atoms with E-state index < -0.39 is 5.54 Å². The molecule has 26 heavy (non-hydrogen) atoms. The Bertz CT molecular complexity index is 681. The van der Waals surface area contributed by atoms with Gasteiger partial charge in [0.05, 0.1) is 12.1 Å². The maximum absolute atomic E-state index is 12.3. The molecule has 0 spiro atoms. The van der Waals surface area contributed by atoms with Crippen molar-refractivity contribution in [1.29, 1.82) is 0 Å². The predicted molar refractivity (Wildman–Crippen MR) is 107 cm³/mol. The Labute approximate surface area is 161 Å². The average Bonchev–Trinajstić information content (AvgIpc) is 2.62. The lowest BCUT2D eigenvalue weighted by atomic mass is 10.0. The zero-order chi connectivity index (χ0) is 18.3. The van der Waals surface area contributed by atoms with Crippen molar-refractivity contribution in [2.24, 2.45) is 5.73 Å². The van der Waals surface area contributed by atoms with E-state index in [4.69, 9.17) is 15.6 Å². The van der Waals surface area contributed by atoms with Crippen molar-refractivity contribution in [2.45, 2.75) is 38.6 Å². The van der Waals surface area contributed by atoms with Crippen LogP contribution in [0.2, 0.25) is 0 Å². The molecular weight excluding hydrogens is 350 g/mol. The summed E-state index contributed by atoms with van der Waals surface area (Å²) in [6.45, 7) is 3.86. The van der Waals surface area contributed by atoms with Crippen LogP contribution in [-0.2, 0) is 6.42 Å². The number of nitrogens with two attached hydrogens (primary N) is 1. The van der Waals surface area contributed by atoms with Gasteiger partial charge in [0.15, 0.2) is 5.78 Å². The van der Waals surface area contributed by atoms with Crippen LogP contribution in [0.3, 0.4) is 0 Å². The Morgan fingerprint density at radius 1 is 1.12 bits per heavy atom. The minimum Gasteiger partial charge on any atom is -0.492 e. The number of aliphatic hydroxyl groups is 1. The smallest absolute Gasteiger partial charge is 0.162 e. The predicted octanol–water partition coefficient (Wildman–Crippen LogP) is 3.71. The third-order valence-electron chi connectivity index (χ3n) is 4.10. The molecule has 0 saturated carbocycles. The van der Waals surface area contributed by atoms with Crippen LogP contribution in [-0.4, -0.2) is 29.6 Å². The van der Waals surface area contributed by atoms with Gasteiger partial charge in [-0.2, -0.15) is 0 Å². The summed E-state index contributed by atoms with van der Waals surface area (Å²) < 4.78 is 5.55. The largest absolute Gasteiger partial charge is 0.492 e. The number of hydrogen-bond donors (Lipinski definition) is 2. The molecule has 0 saturated heterocycles. The van der Waals surface area contributed by atoms with Crippen LogP contribution in [0.25, 0.3) is 0 Å². The molecule has 0 unspecified atom stereocenters. The molecular formula is C21H28ClNO3. The van der Waals surface area contributed by atoms with Gasteiger partial charge in [-0.15, -0.1) is 12.4 Å². The number of benzene rings is 2. The molecule has 4 nitrogen and oxygen atoms in total. The zero-order valence-electron chi connectivity index (χ0n) is 15.4. The molecule has 142 valence electrons. The van der Waals surface area contributed by atoms with E-state index in [0.29, 0.717) is 17.7 Å². The number of ether oxygens (including phenoxy) is 1. The number of Topliss-reactive ketones (excluding diaryl/α,β-unsaturated/α-hetero) is 1. The molecule has 2 rings (SSSR count). The molecule has 0 aromatic heterocycles. The highest BCUT2D eigenvalue weighted by molar-refractivity contribution is 5.96. The first-order chi connectivity index (χ1) is 11.9. The molecule has 2 aromatic rings. The van der Waals surface area contributed by atoms with E-state index in [0.717, 1.165) is 12.8 Å². The molecule has 0 heterocycles. The van der Waals surface area contributed by atoms with Crippen LogP contribution in [0.1, 0.15) is 41.3 Å². The van der Waals surface area contributed by atoms with E-state index in [1.165, 1.54) is 11.1 Å². The number of ketones is 1. The Morgan fingerprint density at radius 2 is 1.73 bits per heavy atom. The van der Waals surface area contributed by atoms with Crippen LogP contribution in [0.5, 0.6) is 5.75 Å². The van der Waals surface area contributed by atoms with Crippen molar-refractivity contribution in [2.75, 3.05) is 13.2 Å². The summed E-state index contributed by atoms with van der Waals surface area (Å²) in [7, 11) is 0. The molecule has 1 atom stereocenters. The molecule has 0 amide bonds. The Balaban J connectivity index is 0.00000338. The summed E-state index contributed by atoms with van der Waals surface area (Å²) in [5, 5.41) is 9.12. The molecule has 0 aliphatic carbocycles. The highest BCUT2D eigenvalue weighted by Gasteiger charge is 2.18. The van der Waals surface area contributed by atoms with Crippen LogP contribution in [0.4, 0.5) is 0 Å². The number of carbonyl (C=O) groups excluding carboxylic acids is 1. The lowest BCUT2D eigenvalue weighted by Crippen LogP contribution is -2.45. The van der Waals surface area contributed by atoms with E-state index in [1.807, 2.05) is 0 Å². The molecule has 0 fully saturated rings. The van der Waals surface area contributed by atoms with Crippen LogP contribution in [0, 0.1) is 6.92 Å². The quantitative estimate of drug-likeness (QED) is 0.653. The van der Waals surface area contributed by atoms with Crippen LogP contribution < -0.4 is 10.5 Å². The fourth-order valence-corrected chi connectivity index (χ4v) is 2.38. The van der Waals surface area contributed by atoms with Crippen LogP contribution >= 0.6 is 12.4 Å². The monoisotopic (exact) mass is 377 g/mol.